The number of hydrogen-bond acceptors (Lipinski definition) is 4. The molecule has 0 aliphatic rings. The molecule has 0 amide bonds. The largest absolute Gasteiger partial charge is 0.507 e. The smallest absolute Gasteiger partial charge is 0.125 e. The molecule has 0 bridgehead atoms. The van der Waals surface area contributed by atoms with E-state index in [1.807, 2.05) is 18.2 Å². The number of benzene rings is 1. The molecule has 0 unspecified atom stereocenters. The predicted molar refractivity (Wildman–Crippen MR) is 74.5 cm³/mol. The molecule has 4 heteroatoms. The number of phenolic OH excluding ortho intramolecular Hbond substituents is 1. The second-order valence-electron chi connectivity index (χ2n) is 4.14. The first-order valence-corrected chi connectivity index (χ1v) is 5.81. The first-order chi connectivity index (χ1) is 9.29. The summed E-state index contributed by atoms with van der Waals surface area (Å²) in [5, 5.41) is 20.0. The maximum atomic E-state index is 10.1. The first-order valence-electron chi connectivity index (χ1n) is 5.81. The van der Waals surface area contributed by atoms with Gasteiger partial charge in [0, 0.05) is 28.7 Å². The maximum absolute atomic E-state index is 10.1. The Morgan fingerprint density at radius 2 is 2.05 bits per heavy atom. The third-order valence-corrected chi connectivity index (χ3v) is 2.97. The van der Waals surface area contributed by atoms with Crippen molar-refractivity contribution in [1.29, 1.82) is 0 Å². The van der Waals surface area contributed by atoms with Gasteiger partial charge < -0.3 is 5.11 Å². The van der Waals surface area contributed by atoms with E-state index in [0.29, 0.717) is 11.3 Å². The van der Waals surface area contributed by atoms with E-state index in [-0.39, 0.29) is 5.75 Å². The normalized spacial score (nSPS) is 10.5. The van der Waals surface area contributed by atoms with E-state index in [2.05, 4.69) is 21.8 Å². The van der Waals surface area contributed by atoms with Crippen molar-refractivity contribution in [2.24, 2.45) is 0 Å². The molecule has 1 aromatic carbocycles. The Morgan fingerprint density at radius 1 is 1.16 bits per heavy atom. The van der Waals surface area contributed by atoms with Crippen molar-refractivity contribution in [3.8, 4) is 17.0 Å². The van der Waals surface area contributed by atoms with Crippen LogP contribution in [0.15, 0.2) is 49.4 Å². The van der Waals surface area contributed by atoms with Crippen LogP contribution in [0, 0.1) is 0 Å². The van der Waals surface area contributed by atoms with Gasteiger partial charge in [0.1, 0.15) is 11.4 Å². The third-order valence-electron chi connectivity index (χ3n) is 2.97. The number of aromatic nitrogens is 3. The molecule has 2 heterocycles. The van der Waals surface area contributed by atoms with Crippen LogP contribution in [0.2, 0.25) is 0 Å². The van der Waals surface area contributed by atoms with E-state index in [0.717, 1.165) is 16.3 Å². The van der Waals surface area contributed by atoms with E-state index in [1.165, 1.54) is 0 Å². The van der Waals surface area contributed by atoms with Crippen LogP contribution < -0.4 is 0 Å². The summed E-state index contributed by atoms with van der Waals surface area (Å²) in [5.74, 6) is 0.163. The fourth-order valence-electron chi connectivity index (χ4n) is 2.00. The van der Waals surface area contributed by atoms with Crippen molar-refractivity contribution in [1.82, 2.24) is 15.2 Å². The van der Waals surface area contributed by atoms with Gasteiger partial charge in [0.05, 0.1) is 6.20 Å². The fraction of sp³-hybridized carbons (Fsp3) is 0. The minimum atomic E-state index is 0.163. The molecule has 4 nitrogen and oxygen atoms in total. The third kappa shape index (κ3) is 1.93. The molecule has 0 radical (unpaired) electrons. The molecule has 0 aliphatic heterocycles. The monoisotopic (exact) mass is 249 g/mol. The van der Waals surface area contributed by atoms with Crippen LogP contribution in [0.3, 0.4) is 0 Å². The molecule has 0 aliphatic carbocycles. The zero-order valence-corrected chi connectivity index (χ0v) is 10.1. The topological polar surface area (TPSA) is 58.9 Å². The highest BCUT2D eigenvalue weighted by Crippen LogP contribution is 2.32. The summed E-state index contributed by atoms with van der Waals surface area (Å²) in [5.41, 5.74) is 2.15. The Labute approximate surface area is 110 Å². The molecule has 1 N–H and O–H groups in total. The van der Waals surface area contributed by atoms with Gasteiger partial charge >= 0.3 is 0 Å². The molecule has 0 saturated carbocycles. The summed E-state index contributed by atoms with van der Waals surface area (Å²) in [6, 6.07) is 7.21. The van der Waals surface area contributed by atoms with Crippen LogP contribution >= 0.6 is 0 Å². The van der Waals surface area contributed by atoms with E-state index in [1.54, 1.807) is 30.7 Å². The Kier molecular flexibility index (Phi) is 2.68. The fourth-order valence-corrected chi connectivity index (χ4v) is 2.00. The number of phenols is 1. The molecule has 3 aromatic rings. The number of fused-ring (bicyclic) bond motifs is 1. The van der Waals surface area contributed by atoms with Gasteiger partial charge in [-0.3, -0.25) is 4.98 Å². The molecule has 0 fully saturated rings. The molecule has 92 valence electrons. The van der Waals surface area contributed by atoms with Crippen LogP contribution in [0.1, 0.15) is 5.56 Å². The summed E-state index contributed by atoms with van der Waals surface area (Å²) in [7, 11) is 0. The van der Waals surface area contributed by atoms with E-state index < -0.39 is 0 Å². The summed E-state index contributed by atoms with van der Waals surface area (Å²) in [4.78, 5) is 4.05. The summed E-state index contributed by atoms with van der Waals surface area (Å²) < 4.78 is 0. The molecular formula is C15H11N3O. The number of hydrogen-bond donors (Lipinski definition) is 1. The number of rotatable bonds is 2. The van der Waals surface area contributed by atoms with Gasteiger partial charge in [0.25, 0.3) is 0 Å². The van der Waals surface area contributed by atoms with E-state index in [9.17, 15) is 5.11 Å². The van der Waals surface area contributed by atoms with Crippen molar-refractivity contribution in [3.63, 3.8) is 0 Å². The van der Waals surface area contributed by atoms with Crippen molar-refractivity contribution < 1.29 is 5.11 Å². The number of nitrogens with zero attached hydrogens (tertiary/aromatic N) is 3. The Morgan fingerprint density at radius 3 is 2.84 bits per heavy atom. The van der Waals surface area contributed by atoms with Gasteiger partial charge in [-0.2, -0.15) is 5.10 Å². The van der Waals surface area contributed by atoms with Crippen molar-refractivity contribution >= 4 is 16.8 Å². The predicted octanol–water partition coefficient (Wildman–Crippen LogP) is 3.04. The van der Waals surface area contributed by atoms with Crippen LogP contribution in [0.4, 0.5) is 0 Å². The lowest BCUT2D eigenvalue weighted by Crippen LogP contribution is -1.91. The lowest BCUT2D eigenvalue weighted by molar-refractivity contribution is 0.477. The minimum absolute atomic E-state index is 0.163. The standard InChI is InChI=1S/C15H11N3O/c1-2-10-3-4-13(14(19)7-10)15-12-5-6-16-8-11(12)9-17-18-15/h2-9,19H,1H2. The van der Waals surface area contributed by atoms with Crippen molar-refractivity contribution in [3.05, 3.63) is 55.0 Å². The van der Waals surface area contributed by atoms with Gasteiger partial charge in [0.15, 0.2) is 0 Å². The average molecular weight is 249 g/mol. The highest BCUT2D eigenvalue weighted by molar-refractivity contribution is 5.94. The highest BCUT2D eigenvalue weighted by Gasteiger charge is 2.10. The van der Waals surface area contributed by atoms with E-state index in [4.69, 9.17) is 0 Å². The molecule has 2 aromatic heterocycles. The second kappa shape index (κ2) is 4.49. The minimum Gasteiger partial charge on any atom is -0.507 e. The van der Waals surface area contributed by atoms with Gasteiger partial charge in [-0.25, -0.2) is 0 Å². The van der Waals surface area contributed by atoms with Gasteiger partial charge in [-0.15, -0.1) is 5.10 Å². The first kappa shape index (κ1) is 11.3. The van der Waals surface area contributed by atoms with Gasteiger partial charge in [0.2, 0.25) is 0 Å². The van der Waals surface area contributed by atoms with Crippen LogP contribution in [0.5, 0.6) is 5.75 Å². The molecule has 19 heavy (non-hydrogen) atoms. The number of pyridine rings is 1. The lowest BCUT2D eigenvalue weighted by Gasteiger charge is -2.07. The average Bonchev–Trinajstić information content (AvgIpc) is 2.46. The van der Waals surface area contributed by atoms with Crippen LogP contribution in [0.25, 0.3) is 28.1 Å². The molecule has 3 rings (SSSR count). The Bertz CT molecular complexity index is 763. The highest BCUT2D eigenvalue weighted by atomic mass is 16.3. The zero-order chi connectivity index (χ0) is 13.2. The van der Waals surface area contributed by atoms with Crippen molar-refractivity contribution in [2.45, 2.75) is 0 Å². The Balaban J connectivity index is 2.27. The lowest BCUT2D eigenvalue weighted by atomic mass is 10.0. The molecular weight excluding hydrogens is 238 g/mol. The van der Waals surface area contributed by atoms with Crippen LogP contribution in [-0.2, 0) is 0 Å². The van der Waals surface area contributed by atoms with Gasteiger partial charge in [-0.1, -0.05) is 18.7 Å². The maximum Gasteiger partial charge on any atom is 0.125 e. The molecule has 0 atom stereocenters. The summed E-state index contributed by atoms with van der Waals surface area (Å²) >= 11 is 0. The van der Waals surface area contributed by atoms with Crippen molar-refractivity contribution in [2.75, 3.05) is 0 Å². The quantitative estimate of drug-likeness (QED) is 0.758. The van der Waals surface area contributed by atoms with Crippen LogP contribution in [-0.4, -0.2) is 20.3 Å². The number of aromatic hydroxyl groups is 1. The Hall–Kier alpha value is -2.75. The van der Waals surface area contributed by atoms with E-state index >= 15 is 0 Å². The van der Waals surface area contributed by atoms with Gasteiger partial charge in [-0.05, 0) is 23.8 Å². The molecule has 0 saturated heterocycles. The second-order valence-corrected chi connectivity index (χ2v) is 4.14. The summed E-state index contributed by atoms with van der Waals surface area (Å²) in [6.07, 6.45) is 6.76. The SMILES string of the molecule is C=Cc1ccc(-c2nncc3cnccc23)c(O)c1. The summed E-state index contributed by atoms with van der Waals surface area (Å²) in [6.45, 7) is 3.68. The molecule has 0 spiro atoms. The zero-order valence-electron chi connectivity index (χ0n) is 10.1.